The number of carbonyl (C=O) groups excluding carboxylic acids is 1. The van der Waals surface area contributed by atoms with Gasteiger partial charge in [0.15, 0.2) is 0 Å². The molecule has 3 rings (SSSR count). The number of aromatic carboxylic acids is 2. The van der Waals surface area contributed by atoms with Crippen molar-refractivity contribution in [3.05, 3.63) is 82.9 Å². The van der Waals surface area contributed by atoms with Crippen LogP contribution in [0.5, 0.6) is 0 Å². The summed E-state index contributed by atoms with van der Waals surface area (Å²) in [7, 11) is 0. The van der Waals surface area contributed by atoms with E-state index in [1.807, 2.05) is 36.4 Å². The molecule has 26 heavy (non-hydrogen) atoms. The van der Waals surface area contributed by atoms with Gasteiger partial charge < -0.3 is 15.9 Å². The van der Waals surface area contributed by atoms with Gasteiger partial charge in [0.1, 0.15) is 0 Å². The largest absolute Gasteiger partial charge is 0.478 e. The number of primary amides is 1. The number of hydrogen-bond acceptors (Lipinski definition) is 3. The predicted octanol–water partition coefficient (Wildman–Crippen LogP) is 3.33. The molecule has 3 aromatic rings. The van der Waals surface area contributed by atoms with E-state index in [1.165, 1.54) is 25.1 Å². The highest BCUT2D eigenvalue weighted by atomic mass is 16.4. The Morgan fingerprint density at radius 1 is 0.731 bits per heavy atom. The van der Waals surface area contributed by atoms with Gasteiger partial charge >= 0.3 is 11.9 Å². The number of amides is 1. The van der Waals surface area contributed by atoms with E-state index >= 15 is 0 Å². The fourth-order valence-corrected chi connectivity index (χ4v) is 2.54. The molecular formula is C20H17NO5. The van der Waals surface area contributed by atoms with Gasteiger partial charge in [0.25, 0.3) is 0 Å². The molecular weight excluding hydrogens is 334 g/mol. The number of nitrogens with two attached hydrogens (primary N) is 1. The van der Waals surface area contributed by atoms with Crippen LogP contribution in [0.25, 0.3) is 10.8 Å². The number of fused-ring (bicyclic) bond motifs is 1. The summed E-state index contributed by atoms with van der Waals surface area (Å²) >= 11 is 0. The first-order chi connectivity index (χ1) is 12.3. The molecule has 6 heteroatoms. The second-order valence-corrected chi connectivity index (χ2v) is 5.48. The van der Waals surface area contributed by atoms with Crippen molar-refractivity contribution >= 4 is 28.6 Å². The number of hydrogen-bond donors (Lipinski definition) is 3. The molecule has 132 valence electrons. The van der Waals surface area contributed by atoms with Crippen LogP contribution in [0.3, 0.4) is 0 Å². The fourth-order valence-electron chi connectivity index (χ4n) is 2.54. The van der Waals surface area contributed by atoms with E-state index in [-0.39, 0.29) is 22.6 Å². The quantitative estimate of drug-likeness (QED) is 0.669. The summed E-state index contributed by atoms with van der Waals surface area (Å²) < 4.78 is 0. The molecule has 0 unspecified atom stereocenters. The average Bonchev–Trinajstić information content (AvgIpc) is 2.61. The van der Waals surface area contributed by atoms with Gasteiger partial charge in [-0.2, -0.15) is 0 Å². The van der Waals surface area contributed by atoms with Gasteiger partial charge in [-0.15, -0.1) is 0 Å². The summed E-state index contributed by atoms with van der Waals surface area (Å²) in [6.45, 7) is 1.48. The summed E-state index contributed by atoms with van der Waals surface area (Å²) in [4.78, 5) is 32.2. The molecule has 4 N–H and O–H groups in total. The third-order valence-corrected chi connectivity index (χ3v) is 3.85. The number of carbonyl (C=O) groups is 3. The maximum atomic E-state index is 11.0. The van der Waals surface area contributed by atoms with E-state index in [1.54, 1.807) is 6.07 Å². The van der Waals surface area contributed by atoms with Crippen LogP contribution >= 0.6 is 0 Å². The normalized spacial score (nSPS) is 9.88. The molecule has 0 fully saturated rings. The van der Waals surface area contributed by atoms with Gasteiger partial charge in [-0.1, -0.05) is 42.5 Å². The molecule has 0 radical (unpaired) electrons. The van der Waals surface area contributed by atoms with Gasteiger partial charge in [-0.25, -0.2) is 9.59 Å². The minimum atomic E-state index is -1.11. The van der Waals surface area contributed by atoms with Crippen LogP contribution in [0.15, 0.2) is 60.7 Å². The van der Waals surface area contributed by atoms with Crippen molar-refractivity contribution in [2.75, 3.05) is 0 Å². The summed E-state index contributed by atoms with van der Waals surface area (Å²) in [5.41, 5.74) is 6.16. The van der Waals surface area contributed by atoms with Crippen LogP contribution in [0.2, 0.25) is 0 Å². The van der Waals surface area contributed by atoms with Crippen molar-refractivity contribution in [3.8, 4) is 0 Å². The summed E-state index contributed by atoms with van der Waals surface area (Å²) in [6.07, 6.45) is 0. The van der Waals surface area contributed by atoms with Gasteiger partial charge in [0.05, 0.1) is 11.1 Å². The van der Waals surface area contributed by atoms with Crippen LogP contribution < -0.4 is 5.73 Å². The van der Waals surface area contributed by atoms with Gasteiger partial charge in [-0.3, -0.25) is 4.79 Å². The lowest BCUT2D eigenvalue weighted by Gasteiger charge is -2.03. The van der Waals surface area contributed by atoms with Crippen molar-refractivity contribution in [2.45, 2.75) is 6.92 Å². The molecule has 0 spiro atoms. The van der Waals surface area contributed by atoms with Crippen LogP contribution in [0, 0.1) is 6.92 Å². The zero-order chi connectivity index (χ0) is 19.3. The SMILES string of the molecule is Cc1c(C(=O)O)cccc1C(=O)O.NC(=O)c1cccc2ccccc12. The second-order valence-electron chi connectivity index (χ2n) is 5.48. The molecule has 0 aliphatic rings. The van der Waals surface area contributed by atoms with E-state index < -0.39 is 11.9 Å². The molecule has 1 amide bonds. The van der Waals surface area contributed by atoms with Gasteiger partial charge in [0.2, 0.25) is 5.91 Å². The number of carboxylic acids is 2. The van der Waals surface area contributed by atoms with E-state index in [0.717, 1.165) is 10.8 Å². The number of benzene rings is 3. The highest BCUT2D eigenvalue weighted by molar-refractivity contribution is 6.06. The zero-order valence-corrected chi connectivity index (χ0v) is 14.0. The van der Waals surface area contributed by atoms with E-state index in [4.69, 9.17) is 15.9 Å². The molecule has 0 aliphatic heterocycles. The minimum Gasteiger partial charge on any atom is -0.478 e. The Balaban J connectivity index is 0.000000187. The van der Waals surface area contributed by atoms with Crippen LogP contribution in [-0.2, 0) is 0 Å². The van der Waals surface area contributed by atoms with Gasteiger partial charge in [0, 0.05) is 5.56 Å². The maximum Gasteiger partial charge on any atom is 0.335 e. The van der Waals surface area contributed by atoms with Gasteiger partial charge in [-0.05, 0) is 41.5 Å². The van der Waals surface area contributed by atoms with E-state index in [9.17, 15) is 14.4 Å². The lowest BCUT2D eigenvalue weighted by Crippen LogP contribution is -2.11. The Hall–Kier alpha value is -3.67. The van der Waals surface area contributed by atoms with E-state index in [0.29, 0.717) is 5.56 Å². The first-order valence-electron chi connectivity index (χ1n) is 7.66. The standard InChI is InChI=1S/C11H9NO.C9H8O4/c12-11(13)10-7-3-5-8-4-1-2-6-9(8)10;1-5-6(8(10)11)3-2-4-7(5)9(12)13/h1-7H,(H2,12,13);2-4H,1H3,(H,10,11)(H,12,13). The predicted molar refractivity (Wildman–Crippen MR) is 97.6 cm³/mol. The molecule has 0 atom stereocenters. The summed E-state index contributed by atoms with van der Waals surface area (Å²) in [6, 6.07) is 17.4. The molecule has 3 aromatic carbocycles. The van der Waals surface area contributed by atoms with E-state index in [2.05, 4.69) is 0 Å². The van der Waals surface area contributed by atoms with Crippen molar-refractivity contribution in [1.29, 1.82) is 0 Å². The minimum absolute atomic E-state index is 0.0277. The highest BCUT2D eigenvalue weighted by Crippen LogP contribution is 2.17. The van der Waals surface area contributed by atoms with Crippen molar-refractivity contribution < 1.29 is 24.6 Å². The molecule has 0 heterocycles. The van der Waals surface area contributed by atoms with Crippen molar-refractivity contribution in [1.82, 2.24) is 0 Å². The maximum absolute atomic E-state index is 11.0. The summed E-state index contributed by atoms with van der Waals surface area (Å²) in [5.74, 6) is -2.60. The molecule has 6 nitrogen and oxygen atoms in total. The fraction of sp³-hybridized carbons (Fsp3) is 0.0500. The molecule has 0 aromatic heterocycles. The second kappa shape index (κ2) is 7.94. The first-order valence-corrected chi connectivity index (χ1v) is 7.66. The summed E-state index contributed by atoms with van der Waals surface area (Å²) in [5, 5.41) is 19.3. The number of carboxylic acid groups (broad SMARTS) is 2. The third kappa shape index (κ3) is 4.05. The van der Waals surface area contributed by atoms with Crippen molar-refractivity contribution in [2.24, 2.45) is 5.73 Å². The molecule has 0 saturated carbocycles. The average molecular weight is 351 g/mol. The van der Waals surface area contributed by atoms with Crippen LogP contribution in [0.4, 0.5) is 0 Å². The Morgan fingerprint density at radius 2 is 1.19 bits per heavy atom. The first kappa shape index (κ1) is 18.7. The van der Waals surface area contributed by atoms with Crippen LogP contribution in [0.1, 0.15) is 36.6 Å². The Labute approximate surface area is 149 Å². The monoisotopic (exact) mass is 351 g/mol. The smallest absolute Gasteiger partial charge is 0.335 e. The highest BCUT2D eigenvalue weighted by Gasteiger charge is 2.13. The molecule has 0 bridgehead atoms. The topological polar surface area (TPSA) is 118 Å². The number of rotatable bonds is 3. The molecule has 0 saturated heterocycles. The lowest BCUT2D eigenvalue weighted by atomic mass is 10.0. The van der Waals surface area contributed by atoms with Crippen LogP contribution in [-0.4, -0.2) is 28.1 Å². The Kier molecular flexibility index (Phi) is 5.70. The zero-order valence-electron chi connectivity index (χ0n) is 14.0. The lowest BCUT2D eigenvalue weighted by molar-refractivity contribution is 0.0696. The Bertz CT molecular complexity index is 957. The molecule has 0 aliphatic carbocycles. The third-order valence-electron chi connectivity index (χ3n) is 3.85. The Morgan fingerprint density at radius 3 is 1.73 bits per heavy atom. The van der Waals surface area contributed by atoms with Crippen molar-refractivity contribution in [3.63, 3.8) is 0 Å².